The van der Waals surface area contributed by atoms with E-state index in [4.69, 9.17) is 10.1 Å². The van der Waals surface area contributed by atoms with Crippen molar-refractivity contribution in [1.29, 1.82) is 0 Å². The number of pyridine rings is 1. The van der Waals surface area contributed by atoms with Crippen LogP contribution in [0, 0.1) is 12.7 Å². The second-order valence-corrected chi connectivity index (χ2v) is 9.43. The highest BCUT2D eigenvalue weighted by atomic mass is 19.1. The van der Waals surface area contributed by atoms with Gasteiger partial charge in [0.15, 0.2) is 5.65 Å². The van der Waals surface area contributed by atoms with Crippen LogP contribution in [-0.4, -0.2) is 56.7 Å². The number of amides is 1. The maximum absolute atomic E-state index is 13.7. The predicted molar refractivity (Wildman–Crippen MR) is 127 cm³/mol. The van der Waals surface area contributed by atoms with Crippen LogP contribution in [0.3, 0.4) is 0 Å². The van der Waals surface area contributed by atoms with Crippen LogP contribution < -0.4 is 0 Å². The van der Waals surface area contributed by atoms with Gasteiger partial charge in [-0.25, -0.2) is 14.1 Å². The van der Waals surface area contributed by atoms with Gasteiger partial charge in [-0.2, -0.15) is 5.10 Å². The summed E-state index contributed by atoms with van der Waals surface area (Å²) in [6, 6.07) is 8.79. The van der Waals surface area contributed by atoms with Crippen LogP contribution >= 0.6 is 0 Å². The maximum Gasteiger partial charge on any atom is 0.254 e. The zero-order valence-electron chi connectivity index (χ0n) is 19.6. The van der Waals surface area contributed by atoms with Crippen molar-refractivity contribution in [3.63, 3.8) is 0 Å². The highest BCUT2D eigenvalue weighted by molar-refractivity contribution is 6.06. The molecule has 2 aromatic heterocycles. The fourth-order valence-corrected chi connectivity index (χ4v) is 4.77. The van der Waals surface area contributed by atoms with Crippen molar-refractivity contribution in [2.75, 3.05) is 26.2 Å². The molecule has 1 aliphatic heterocycles. The van der Waals surface area contributed by atoms with Crippen LogP contribution in [0.15, 0.2) is 30.3 Å². The van der Waals surface area contributed by atoms with Gasteiger partial charge in [0.05, 0.1) is 16.6 Å². The Kier molecular flexibility index (Phi) is 6.15. The third-order valence-electron chi connectivity index (χ3n) is 6.80. The molecule has 33 heavy (non-hydrogen) atoms. The number of piperazine rings is 1. The van der Waals surface area contributed by atoms with E-state index in [0.29, 0.717) is 25.6 Å². The van der Waals surface area contributed by atoms with E-state index in [9.17, 15) is 9.18 Å². The Labute approximate surface area is 194 Å². The van der Waals surface area contributed by atoms with E-state index >= 15 is 0 Å². The van der Waals surface area contributed by atoms with Crippen LogP contribution in [0.25, 0.3) is 11.0 Å². The lowest BCUT2D eigenvalue weighted by molar-refractivity contribution is 0.0630. The van der Waals surface area contributed by atoms with E-state index in [1.807, 2.05) is 28.6 Å². The van der Waals surface area contributed by atoms with Crippen LogP contribution in [0.4, 0.5) is 4.39 Å². The molecule has 0 radical (unpaired) electrons. The minimum Gasteiger partial charge on any atom is -0.336 e. The first-order valence-electron chi connectivity index (χ1n) is 12.2. The number of hydrogen-bond acceptors (Lipinski definition) is 4. The quantitative estimate of drug-likeness (QED) is 0.532. The summed E-state index contributed by atoms with van der Waals surface area (Å²) in [5, 5.41) is 5.65. The topological polar surface area (TPSA) is 54.3 Å². The highest BCUT2D eigenvalue weighted by Crippen LogP contribution is 2.40. The second kappa shape index (κ2) is 9.21. The van der Waals surface area contributed by atoms with Crippen molar-refractivity contribution in [1.82, 2.24) is 24.6 Å². The number of carbonyl (C=O) groups excluding carboxylic acids is 1. The first-order chi connectivity index (χ1) is 16.0. The largest absolute Gasteiger partial charge is 0.336 e. The van der Waals surface area contributed by atoms with Crippen LogP contribution in [0.1, 0.15) is 65.8 Å². The molecular weight excluding hydrogens is 417 g/mol. The number of halogens is 1. The molecule has 0 unspecified atom stereocenters. The molecular formula is C26H32FN5O. The van der Waals surface area contributed by atoms with E-state index in [0.717, 1.165) is 78.9 Å². The van der Waals surface area contributed by atoms with Gasteiger partial charge in [0.25, 0.3) is 5.91 Å². The number of carbonyl (C=O) groups is 1. The summed E-state index contributed by atoms with van der Waals surface area (Å²) in [4.78, 5) is 22.9. The van der Waals surface area contributed by atoms with Crippen molar-refractivity contribution >= 4 is 16.9 Å². The molecule has 2 fully saturated rings. The summed E-state index contributed by atoms with van der Waals surface area (Å²) in [5.74, 6) is 0.344. The van der Waals surface area contributed by atoms with E-state index in [1.54, 1.807) is 12.1 Å². The third-order valence-corrected chi connectivity index (χ3v) is 6.80. The molecule has 0 N–H and O–H groups in total. The number of fused-ring (bicyclic) bond motifs is 1. The molecule has 1 aliphatic carbocycles. The number of aromatic nitrogens is 3. The molecule has 0 spiro atoms. The van der Waals surface area contributed by atoms with Gasteiger partial charge < -0.3 is 4.90 Å². The van der Waals surface area contributed by atoms with Gasteiger partial charge in [-0.05, 0) is 49.9 Å². The van der Waals surface area contributed by atoms with Crippen molar-refractivity contribution in [3.05, 3.63) is 58.7 Å². The van der Waals surface area contributed by atoms with Crippen LogP contribution in [0.2, 0.25) is 0 Å². The molecule has 1 amide bonds. The first kappa shape index (κ1) is 22.0. The van der Waals surface area contributed by atoms with Gasteiger partial charge >= 0.3 is 0 Å². The van der Waals surface area contributed by atoms with Crippen LogP contribution in [0.5, 0.6) is 0 Å². The van der Waals surface area contributed by atoms with Gasteiger partial charge in [0.2, 0.25) is 0 Å². The summed E-state index contributed by atoms with van der Waals surface area (Å²) in [6.07, 6.45) is 4.43. The Morgan fingerprint density at radius 3 is 2.64 bits per heavy atom. The van der Waals surface area contributed by atoms with Crippen LogP contribution in [-0.2, 0) is 13.1 Å². The lowest BCUT2D eigenvalue weighted by Gasteiger charge is -2.35. The fraction of sp³-hybridized carbons (Fsp3) is 0.500. The highest BCUT2D eigenvalue weighted by Gasteiger charge is 2.31. The lowest BCUT2D eigenvalue weighted by atomic mass is 10.1. The number of nitrogens with zero attached hydrogens (tertiary/aromatic N) is 5. The maximum atomic E-state index is 13.7. The van der Waals surface area contributed by atoms with Crippen molar-refractivity contribution in [2.45, 2.75) is 58.5 Å². The van der Waals surface area contributed by atoms with E-state index in [1.165, 1.54) is 6.07 Å². The SMILES string of the molecule is CCCCn1nc(C)c2c(C(=O)N3CCN(Cc4cccc(F)c4)CC3)cc(C3CC3)nc21. The van der Waals surface area contributed by atoms with Gasteiger partial charge in [-0.3, -0.25) is 9.69 Å². The average molecular weight is 450 g/mol. The number of rotatable bonds is 7. The summed E-state index contributed by atoms with van der Waals surface area (Å²) in [6.45, 7) is 8.57. The molecule has 0 bridgehead atoms. The van der Waals surface area contributed by atoms with Gasteiger partial charge in [0.1, 0.15) is 5.82 Å². The van der Waals surface area contributed by atoms with Gasteiger partial charge in [0, 0.05) is 50.9 Å². The Hall–Kier alpha value is -2.80. The smallest absolute Gasteiger partial charge is 0.254 e. The average Bonchev–Trinajstić information content (AvgIpc) is 3.62. The number of hydrogen-bond donors (Lipinski definition) is 0. The zero-order chi connectivity index (χ0) is 22.9. The Bertz CT molecular complexity index is 1160. The molecule has 6 nitrogen and oxygen atoms in total. The normalized spacial score (nSPS) is 17.1. The first-order valence-corrected chi connectivity index (χ1v) is 12.2. The van der Waals surface area contributed by atoms with E-state index in [2.05, 4.69) is 11.8 Å². The summed E-state index contributed by atoms with van der Waals surface area (Å²) >= 11 is 0. The van der Waals surface area contributed by atoms with E-state index in [-0.39, 0.29) is 11.7 Å². The summed E-state index contributed by atoms with van der Waals surface area (Å²) in [5.41, 5.74) is 4.49. The molecule has 3 aromatic rings. The Balaban J connectivity index is 1.36. The zero-order valence-corrected chi connectivity index (χ0v) is 19.6. The summed E-state index contributed by atoms with van der Waals surface area (Å²) < 4.78 is 15.5. The molecule has 3 heterocycles. The monoisotopic (exact) mass is 449 g/mol. The molecule has 1 saturated carbocycles. The lowest BCUT2D eigenvalue weighted by Crippen LogP contribution is -2.48. The molecule has 0 atom stereocenters. The Morgan fingerprint density at radius 2 is 1.94 bits per heavy atom. The number of unbranched alkanes of at least 4 members (excludes halogenated alkanes) is 1. The minimum absolute atomic E-state index is 0.0767. The third kappa shape index (κ3) is 4.64. The van der Waals surface area contributed by atoms with Gasteiger partial charge in [-0.1, -0.05) is 25.5 Å². The minimum atomic E-state index is -0.204. The van der Waals surface area contributed by atoms with Gasteiger partial charge in [-0.15, -0.1) is 0 Å². The predicted octanol–water partition coefficient (Wildman–Crippen LogP) is 4.51. The van der Waals surface area contributed by atoms with Crippen molar-refractivity contribution < 1.29 is 9.18 Å². The number of aryl methyl sites for hydroxylation is 2. The molecule has 5 rings (SSSR count). The number of benzene rings is 1. The molecule has 1 aromatic carbocycles. The Morgan fingerprint density at radius 1 is 1.15 bits per heavy atom. The molecule has 174 valence electrons. The van der Waals surface area contributed by atoms with Crippen molar-refractivity contribution in [2.24, 2.45) is 0 Å². The second-order valence-electron chi connectivity index (χ2n) is 9.43. The summed E-state index contributed by atoms with van der Waals surface area (Å²) in [7, 11) is 0. The molecule has 7 heteroatoms. The molecule has 1 saturated heterocycles. The standard InChI is InChI=1S/C26H32FN5O/c1-3-4-10-32-25-24(18(2)29-32)22(16-23(28-25)20-8-9-20)26(33)31-13-11-30(12-14-31)17-19-6-5-7-21(27)15-19/h5-7,15-16,20H,3-4,8-14,17H2,1-2H3. The molecule has 2 aliphatic rings. The van der Waals surface area contributed by atoms with Crippen molar-refractivity contribution in [3.8, 4) is 0 Å². The fourth-order valence-electron chi connectivity index (χ4n) is 4.77. The van der Waals surface area contributed by atoms with E-state index < -0.39 is 0 Å².